The van der Waals surface area contributed by atoms with Gasteiger partial charge in [-0.3, -0.25) is 9.36 Å². The molecule has 0 amide bonds. The third kappa shape index (κ3) is 1.46. The summed E-state index contributed by atoms with van der Waals surface area (Å²) in [5.41, 5.74) is 1.19. The first-order chi connectivity index (χ1) is 8.66. The number of benzene rings is 1. The number of aryl methyl sites for hydroxylation is 1. The molecule has 0 fully saturated rings. The summed E-state index contributed by atoms with van der Waals surface area (Å²) in [7, 11) is 0. The lowest BCUT2D eigenvalue weighted by Crippen LogP contribution is -2.22. The first-order valence-electron chi connectivity index (χ1n) is 5.42. The second kappa shape index (κ2) is 3.69. The predicted molar refractivity (Wildman–Crippen MR) is 66.1 cm³/mol. The van der Waals surface area contributed by atoms with Crippen LogP contribution in [0.1, 0.15) is 5.56 Å². The Morgan fingerprint density at radius 3 is 2.56 bits per heavy atom. The standard InChI is InChI=1S/C12H10N4O2/c1-8-2-4-9(5-3-8)15-6-7-16-10(11(15)17)13-14-12(16)18/h2-7H,1H3,(H,14,18). The topological polar surface area (TPSA) is 72.2 Å². The van der Waals surface area contributed by atoms with Crippen LogP contribution in [0.3, 0.4) is 0 Å². The number of nitrogens with one attached hydrogen (secondary N) is 1. The van der Waals surface area contributed by atoms with Crippen LogP contribution in [0, 0.1) is 6.92 Å². The maximum Gasteiger partial charge on any atom is 0.347 e. The summed E-state index contributed by atoms with van der Waals surface area (Å²) in [6, 6.07) is 7.53. The van der Waals surface area contributed by atoms with E-state index in [2.05, 4.69) is 10.2 Å². The molecule has 1 N–H and O–H groups in total. The van der Waals surface area contributed by atoms with Crippen LogP contribution in [0.4, 0.5) is 0 Å². The number of nitrogens with zero attached hydrogens (tertiary/aromatic N) is 3. The predicted octanol–water partition coefficient (Wildman–Crippen LogP) is 0.482. The minimum absolute atomic E-state index is 0.0862. The van der Waals surface area contributed by atoms with Gasteiger partial charge in [0.2, 0.25) is 5.65 Å². The Hall–Kier alpha value is -2.63. The van der Waals surface area contributed by atoms with Crippen LogP contribution in [0.5, 0.6) is 0 Å². The van der Waals surface area contributed by atoms with Crippen LogP contribution < -0.4 is 11.2 Å². The zero-order valence-corrected chi connectivity index (χ0v) is 9.62. The van der Waals surface area contributed by atoms with Crippen molar-refractivity contribution in [3.8, 4) is 5.69 Å². The fourth-order valence-corrected chi connectivity index (χ4v) is 1.81. The lowest BCUT2D eigenvalue weighted by Gasteiger charge is -2.05. The number of hydrogen-bond donors (Lipinski definition) is 1. The molecule has 0 aliphatic carbocycles. The van der Waals surface area contributed by atoms with Crippen molar-refractivity contribution in [2.24, 2.45) is 0 Å². The van der Waals surface area contributed by atoms with Crippen LogP contribution in [0.25, 0.3) is 11.3 Å². The molecule has 3 aromatic rings. The van der Waals surface area contributed by atoms with Gasteiger partial charge in [0, 0.05) is 18.1 Å². The van der Waals surface area contributed by atoms with Gasteiger partial charge in [-0.2, -0.15) is 0 Å². The van der Waals surface area contributed by atoms with Crippen LogP contribution in [0.15, 0.2) is 46.2 Å². The van der Waals surface area contributed by atoms with Gasteiger partial charge < -0.3 is 0 Å². The highest BCUT2D eigenvalue weighted by Crippen LogP contribution is 2.06. The average molecular weight is 242 g/mol. The molecule has 0 aliphatic rings. The van der Waals surface area contributed by atoms with E-state index < -0.39 is 5.69 Å². The summed E-state index contributed by atoms with van der Waals surface area (Å²) >= 11 is 0. The molecule has 0 bridgehead atoms. The molecule has 0 radical (unpaired) electrons. The number of H-pyrrole nitrogens is 1. The molecule has 2 aromatic heterocycles. The Morgan fingerprint density at radius 2 is 1.83 bits per heavy atom. The van der Waals surface area contributed by atoms with Crippen molar-refractivity contribution in [2.75, 3.05) is 0 Å². The Bertz CT molecular complexity index is 824. The van der Waals surface area contributed by atoms with Crippen LogP contribution in [-0.4, -0.2) is 19.2 Å². The molecule has 18 heavy (non-hydrogen) atoms. The SMILES string of the molecule is Cc1ccc(-n2ccn3c(=O)[nH]nc3c2=O)cc1. The highest BCUT2D eigenvalue weighted by atomic mass is 16.2. The van der Waals surface area contributed by atoms with Crippen LogP contribution in [-0.2, 0) is 0 Å². The number of rotatable bonds is 1. The molecule has 6 heteroatoms. The third-order valence-electron chi connectivity index (χ3n) is 2.79. The molecule has 3 rings (SSSR count). The van der Waals surface area contributed by atoms with E-state index in [0.717, 1.165) is 11.3 Å². The monoisotopic (exact) mass is 242 g/mol. The van der Waals surface area contributed by atoms with Crippen molar-refractivity contribution in [3.63, 3.8) is 0 Å². The highest BCUT2D eigenvalue weighted by molar-refractivity contribution is 5.40. The Labute approximate surface area is 101 Å². The molecule has 6 nitrogen and oxygen atoms in total. The van der Waals surface area contributed by atoms with Crippen molar-refractivity contribution in [3.05, 3.63) is 63.1 Å². The quantitative estimate of drug-likeness (QED) is 0.674. The van der Waals surface area contributed by atoms with Gasteiger partial charge in [0.05, 0.1) is 0 Å². The average Bonchev–Trinajstić information content (AvgIpc) is 2.74. The van der Waals surface area contributed by atoms with Gasteiger partial charge in [-0.25, -0.2) is 14.3 Å². The van der Waals surface area contributed by atoms with E-state index in [-0.39, 0.29) is 11.2 Å². The Balaban J connectivity index is 2.30. The number of hydrogen-bond acceptors (Lipinski definition) is 3. The largest absolute Gasteiger partial charge is 0.347 e. The molecular formula is C12H10N4O2. The fraction of sp³-hybridized carbons (Fsp3) is 0.0833. The van der Waals surface area contributed by atoms with Gasteiger partial charge >= 0.3 is 11.2 Å². The lowest BCUT2D eigenvalue weighted by molar-refractivity contribution is 0.939. The fourth-order valence-electron chi connectivity index (χ4n) is 1.81. The van der Waals surface area contributed by atoms with Crippen molar-refractivity contribution in [2.45, 2.75) is 6.92 Å². The molecule has 1 aromatic carbocycles. The maximum atomic E-state index is 12.1. The molecule has 0 spiro atoms. The zero-order valence-electron chi connectivity index (χ0n) is 9.62. The summed E-state index contributed by atoms with van der Waals surface area (Å²) in [5.74, 6) is 0. The van der Waals surface area contributed by atoms with Gasteiger partial charge in [0.15, 0.2) is 0 Å². The van der Waals surface area contributed by atoms with Gasteiger partial charge in [0.25, 0.3) is 0 Å². The van der Waals surface area contributed by atoms with Gasteiger partial charge in [0.1, 0.15) is 0 Å². The van der Waals surface area contributed by atoms with Crippen LogP contribution in [0.2, 0.25) is 0 Å². The van der Waals surface area contributed by atoms with Crippen molar-refractivity contribution in [1.82, 2.24) is 19.2 Å². The molecule has 0 unspecified atom stereocenters. The maximum absolute atomic E-state index is 12.1. The molecule has 90 valence electrons. The van der Waals surface area contributed by atoms with Gasteiger partial charge in [-0.15, -0.1) is 5.10 Å². The summed E-state index contributed by atoms with van der Waals surface area (Å²) in [5, 5.41) is 5.96. The lowest BCUT2D eigenvalue weighted by atomic mass is 10.2. The Kier molecular flexibility index (Phi) is 2.16. The molecular weight excluding hydrogens is 232 g/mol. The molecule has 2 heterocycles. The molecule has 0 aliphatic heterocycles. The van der Waals surface area contributed by atoms with E-state index >= 15 is 0 Å². The van der Waals surface area contributed by atoms with Gasteiger partial charge in [-0.05, 0) is 19.1 Å². The van der Waals surface area contributed by atoms with E-state index in [9.17, 15) is 9.59 Å². The van der Waals surface area contributed by atoms with Crippen molar-refractivity contribution < 1.29 is 0 Å². The first kappa shape index (κ1) is 10.5. The van der Waals surface area contributed by atoms with E-state index in [4.69, 9.17) is 0 Å². The summed E-state index contributed by atoms with van der Waals surface area (Å²) in [6.07, 6.45) is 3.07. The summed E-state index contributed by atoms with van der Waals surface area (Å²) < 4.78 is 2.64. The normalized spacial score (nSPS) is 10.9. The number of aromatic nitrogens is 4. The minimum Gasteiger partial charge on any atom is -0.280 e. The van der Waals surface area contributed by atoms with E-state index in [1.807, 2.05) is 31.2 Å². The van der Waals surface area contributed by atoms with Crippen molar-refractivity contribution >= 4 is 5.65 Å². The highest BCUT2D eigenvalue weighted by Gasteiger charge is 2.07. The third-order valence-corrected chi connectivity index (χ3v) is 2.79. The molecule has 0 atom stereocenters. The number of fused-ring (bicyclic) bond motifs is 1. The Morgan fingerprint density at radius 1 is 1.11 bits per heavy atom. The van der Waals surface area contributed by atoms with E-state index in [1.165, 1.54) is 15.2 Å². The smallest absolute Gasteiger partial charge is 0.280 e. The molecule has 0 saturated heterocycles. The van der Waals surface area contributed by atoms with Crippen LogP contribution >= 0.6 is 0 Å². The second-order valence-electron chi connectivity index (χ2n) is 4.03. The second-order valence-corrected chi connectivity index (χ2v) is 4.03. The van der Waals surface area contributed by atoms with Gasteiger partial charge in [-0.1, -0.05) is 17.7 Å². The summed E-state index contributed by atoms with van der Waals surface area (Å²) in [6.45, 7) is 1.98. The molecule has 0 saturated carbocycles. The van der Waals surface area contributed by atoms with E-state index in [0.29, 0.717) is 0 Å². The first-order valence-corrected chi connectivity index (χ1v) is 5.42. The van der Waals surface area contributed by atoms with Crippen molar-refractivity contribution in [1.29, 1.82) is 0 Å². The van der Waals surface area contributed by atoms with E-state index in [1.54, 1.807) is 6.20 Å². The number of aromatic amines is 1. The minimum atomic E-state index is -0.418. The zero-order chi connectivity index (χ0) is 12.7. The summed E-state index contributed by atoms with van der Waals surface area (Å²) in [4.78, 5) is 23.5.